The van der Waals surface area contributed by atoms with E-state index in [2.05, 4.69) is 5.32 Å². The maximum atomic E-state index is 11.6. The number of carbonyl (C=O) groups is 2. The molecule has 5 nitrogen and oxygen atoms in total. The number of aliphatic carboxylic acids is 1. The van der Waals surface area contributed by atoms with Crippen LogP contribution in [0.5, 0.6) is 0 Å². The lowest BCUT2D eigenvalue weighted by atomic mass is 10.0. The maximum Gasteiger partial charge on any atom is 0.326 e. The second-order valence-electron chi connectivity index (χ2n) is 5.20. The summed E-state index contributed by atoms with van der Waals surface area (Å²) in [6.07, 6.45) is 0.595. The van der Waals surface area contributed by atoms with Crippen LogP contribution >= 0.6 is 0 Å². The fourth-order valence-corrected chi connectivity index (χ4v) is 1.40. The molecule has 0 fully saturated rings. The van der Waals surface area contributed by atoms with E-state index in [0.29, 0.717) is 6.42 Å². The molecule has 2 atom stereocenters. The molecule has 17 heavy (non-hydrogen) atoms. The molecule has 4 N–H and O–H groups in total. The van der Waals surface area contributed by atoms with Crippen molar-refractivity contribution < 1.29 is 14.7 Å². The molecule has 0 aromatic rings. The van der Waals surface area contributed by atoms with Crippen molar-refractivity contribution >= 4 is 11.9 Å². The highest BCUT2D eigenvalue weighted by Crippen LogP contribution is 2.07. The molecule has 0 bridgehead atoms. The van der Waals surface area contributed by atoms with Crippen molar-refractivity contribution in [2.75, 3.05) is 0 Å². The van der Waals surface area contributed by atoms with Gasteiger partial charge in [-0.15, -0.1) is 0 Å². The summed E-state index contributed by atoms with van der Waals surface area (Å²) in [6.45, 7) is 7.70. The normalized spacial score (nSPS) is 14.8. The lowest BCUT2D eigenvalue weighted by Crippen LogP contribution is -2.44. The van der Waals surface area contributed by atoms with E-state index in [1.807, 2.05) is 27.7 Å². The third-order valence-corrected chi connectivity index (χ3v) is 2.62. The van der Waals surface area contributed by atoms with Gasteiger partial charge in [0, 0.05) is 12.5 Å². The van der Waals surface area contributed by atoms with E-state index in [0.717, 1.165) is 0 Å². The van der Waals surface area contributed by atoms with Crippen LogP contribution in [0.1, 0.15) is 40.5 Å². The first kappa shape index (κ1) is 15.9. The molecule has 2 unspecified atom stereocenters. The van der Waals surface area contributed by atoms with Gasteiger partial charge in [0.1, 0.15) is 6.04 Å². The van der Waals surface area contributed by atoms with Gasteiger partial charge in [-0.1, -0.05) is 27.7 Å². The number of nitrogens with two attached hydrogens (primary N) is 1. The number of nitrogens with one attached hydrogen (secondary N) is 1. The van der Waals surface area contributed by atoms with Crippen LogP contribution in [0.3, 0.4) is 0 Å². The lowest BCUT2D eigenvalue weighted by Gasteiger charge is -2.19. The Bertz CT molecular complexity index is 264. The largest absolute Gasteiger partial charge is 0.480 e. The minimum atomic E-state index is -0.995. The van der Waals surface area contributed by atoms with Gasteiger partial charge in [-0.05, 0) is 18.3 Å². The monoisotopic (exact) mass is 244 g/mol. The Labute approximate surface area is 103 Å². The number of hydrogen-bond donors (Lipinski definition) is 3. The van der Waals surface area contributed by atoms with Crippen LogP contribution in [-0.4, -0.2) is 29.1 Å². The molecule has 0 spiro atoms. The zero-order valence-corrected chi connectivity index (χ0v) is 11.1. The van der Waals surface area contributed by atoms with Crippen molar-refractivity contribution in [3.05, 3.63) is 0 Å². The Morgan fingerprint density at radius 2 is 1.76 bits per heavy atom. The van der Waals surface area contributed by atoms with Crippen molar-refractivity contribution in [1.29, 1.82) is 0 Å². The molecular weight excluding hydrogens is 220 g/mol. The lowest BCUT2D eigenvalue weighted by molar-refractivity contribution is -0.142. The van der Waals surface area contributed by atoms with Gasteiger partial charge in [0.05, 0.1) is 0 Å². The summed E-state index contributed by atoms with van der Waals surface area (Å²) < 4.78 is 0. The molecule has 0 aliphatic rings. The summed E-state index contributed by atoms with van der Waals surface area (Å²) in [6, 6.07) is -1.05. The van der Waals surface area contributed by atoms with Crippen LogP contribution in [0.2, 0.25) is 0 Å². The highest BCUT2D eigenvalue weighted by molar-refractivity contribution is 5.83. The van der Waals surface area contributed by atoms with Crippen molar-refractivity contribution in [3.8, 4) is 0 Å². The highest BCUT2D eigenvalue weighted by Gasteiger charge is 2.22. The van der Waals surface area contributed by atoms with Crippen molar-refractivity contribution in [2.45, 2.75) is 52.6 Å². The molecule has 0 radical (unpaired) electrons. The highest BCUT2D eigenvalue weighted by atomic mass is 16.4. The predicted molar refractivity (Wildman–Crippen MR) is 66.5 cm³/mol. The molecule has 0 aliphatic heterocycles. The molecule has 0 aliphatic carbocycles. The quantitative estimate of drug-likeness (QED) is 0.622. The third kappa shape index (κ3) is 6.94. The van der Waals surface area contributed by atoms with Crippen LogP contribution < -0.4 is 11.1 Å². The minimum absolute atomic E-state index is 0.166. The van der Waals surface area contributed by atoms with E-state index >= 15 is 0 Å². The second-order valence-corrected chi connectivity index (χ2v) is 5.20. The van der Waals surface area contributed by atoms with Gasteiger partial charge < -0.3 is 16.2 Å². The number of carboxylic acid groups (broad SMARTS) is 1. The summed E-state index contributed by atoms with van der Waals surface area (Å²) in [4.78, 5) is 22.5. The van der Waals surface area contributed by atoms with E-state index in [1.165, 1.54) is 0 Å². The number of carbonyl (C=O) groups excluding carboxylic acids is 1. The van der Waals surface area contributed by atoms with Crippen molar-refractivity contribution in [1.82, 2.24) is 5.32 Å². The zero-order valence-electron chi connectivity index (χ0n) is 11.1. The smallest absolute Gasteiger partial charge is 0.326 e. The van der Waals surface area contributed by atoms with Crippen molar-refractivity contribution in [2.24, 2.45) is 17.6 Å². The average Bonchev–Trinajstić information content (AvgIpc) is 2.15. The molecule has 0 aromatic heterocycles. The number of rotatable bonds is 7. The number of hydrogen-bond acceptors (Lipinski definition) is 3. The standard InChI is InChI=1S/C12H24N2O3/c1-7(2)5-10(12(16)17)14-11(15)6-9(13)8(3)4/h7-10H,5-6,13H2,1-4H3,(H,14,15)(H,16,17). The molecule has 0 rings (SSSR count). The zero-order chi connectivity index (χ0) is 13.6. The second kappa shape index (κ2) is 7.27. The van der Waals surface area contributed by atoms with E-state index in [1.54, 1.807) is 0 Å². The molecule has 5 heteroatoms. The summed E-state index contributed by atoms with van der Waals surface area (Å²) in [7, 11) is 0. The van der Waals surface area contributed by atoms with Crippen LogP contribution in [0, 0.1) is 11.8 Å². The van der Waals surface area contributed by atoms with Crippen LogP contribution in [0.25, 0.3) is 0 Å². The molecule has 0 aromatic carbocycles. The first-order chi connectivity index (χ1) is 7.73. The molecule has 0 heterocycles. The van der Waals surface area contributed by atoms with E-state index < -0.39 is 12.0 Å². The number of carboxylic acids is 1. The Morgan fingerprint density at radius 1 is 1.24 bits per heavy atom. The summed E-state index contributed by atoms with van der Waals surface area (Å²) in [5.74, 6) is -0.867. The Kier molecular flexibility index (Phi) is 6.80. The van der Waals surface area contributed by atoms with Gasteiger partial charge in [0.2, 0.25) is 5.91 Å². The van der Waals surface area contributed by atoms with Crippen LogP contribution in [0.4, 0.5) is 0 Å². The van der Waals surface area contributed by atoms with Crippen LogP contribution in [-0.2, 0) is 9.59 Å². The Balaban J connectivity index is 4.26. The summed E-state index contributed by atoms with van der Waals surface area (Å²) in [5, 5.41) is 11.5. The molecule has 100 valence electrons. The molecule has 0 saturated carbocycles. The minimum Gasteiger partial charge on any atom is -0.480 e. The molecule has 0 saturated heterocycles. The average molecular weight is 244 g/mol. The predicted octanol–water partition coefficient (Wildman–Crippen LogP) is 0.975. The van der Waals surface area contributed by atoms with E-state index in [9.17, 15) is 9.59 Å². The summed E-state index contributed by atoms with van der Waals surface area (Å²) in [5.41, 5.74) is 5.76. The van der Waals surface area contributed by atoms with E-state index in [4.69, 9.17) is 10.8 Å². The van der Waals surface area contributed by atoms with Gasteiger partial charge in [-0.3, -0.25) is 4.79 Å². The van der Waals surface area contributed by atoms with E-state index in [-0.39, 0.29) is 30.2 Å². The Hall–Kier alpha value is -1.10. The topological polar surface area (TPSA) is 92.4 Å². The van der Waals surface area contributed by atoms with Gasteiger partial charge in [0.15, 0.2) is 0 Å². The summed E-state index contributed by atoms with van der Waals surface area (Å²) >= 11 is 0. The fourth-order valence-electron chi connectivity index (χ4n) is 1.40. The van der Waals surface area contributed by atoms with Gasteiger partial charge in [-0.2, -0.15) is 0 Å². The molecular formula is C12H24N2O3. The number of amides is 1. The Morgan fingerprint density at radius 3 is 2.12 bits per heavy atom. The van der Waals surface area contributed by atoms with Gasteiger partial charge >= 0.3 is 5.97 Å². The fraction of sp³-hybridized carbons (Fsp3) is 0.833. The van der Waals surface area contributed by atoms with Crippen LogP contribution in [0.15, 0.2) is 0 Å². The molecule has 1 amide bonds. The SMILES string of the molecule is CC(C)CC(NC(=O)CC(N)C(C)C)C(=O)O. The first-order valence-electron chi connectivity index (χ1n) is 6.01. The first-order valence-corrected chi connectivity index (χ1v) is 6.01. The van der Waals surface area contributed by atoms with Gasteiger partial charge in [0.25, 0.3) is 0 Å². The van der Waals surface area contributed by atoms with Crippen molar-refractivity contribution in [3.63, 3.8) is 0 Å². The maximum absolute atomic E-state index is 11.6. The van der Waals surface area contributed by atoms with Gasteiger partial charge in [-0.25, -0.2) is 4.79 Å². The third-order valence-electron chi connectivity index (χ3n) is 2.62.